The first kappa shape index (κ1) is 19.9. The van der Waals surface area contributed by atoms with Gasteiger partial charge in [-0.25, -0.2) is 4.68 Å². The molecule has 0 saturated carbocycles. The number of carbonyl (C=O) groups is 1. The first-order valence-corrected chi connectivity index (χ1v) is 6.73. The zero-order chi connectivity index (χ0) is 17.3. The summed E-state index contributed by atoms with van der Waals surface area (Å²) in [6, 6.07) is 4.59. The first-order chi connectivity index (χ1) is 10.6. The van der Waals surface area contributed by atoms with Gasteiger partial charge in [-0.3, -0.25) is 4.79 Å². The molecule has 0 bridgehead atoms. The molecular formula is C14H17ClF3N5O. The van der Waals surface area contributed by atoms with Gasteiger partial charge >= 0.3 is 6.18 Å². The lowest BCUT2D eigenvalue weighted by Gasteiger charge is -2.18. The Kier molecular flexibility index (Phi) is 5.96. The molecule has 2 aromatic rings. The van der Waals surface area contributed by atoms with Crippen molar-refractivity contribution in [3.63, 3.8) is 0 Å². The van der Waals surface area contributed by atoms with Crippen molar-refractivity contribution in [1.29, 1.82) is 0 Å². The molecule has 0 unspecified atom stereocenters. The number of hydrogen-bond acceptors (Lipinski definition) is 4. The number of nitrogens with zero attached hydrogens (tertiary/aromatic N) is 3. The molecule has 6 nitrogen and oxygen atoms in total. The Labute approximate surface area is 142 Å². The summed E-state index contributed by atoms with van der Waals surface area (Å²) in [4.78, 5) is 11.9. The number of rotatable bonds is 4. The van der Waals surface area contributed by atoms with Crippen LogP contribution in [0.25, 0.3) is 5.69 Å². The van der Waals surface area contributed by atoms with Crippen LogP contribution in [0.3, 0.4) is 0 Å². The summed E-state index contributed by atoms with van der Waals surface area (Å²) >= 11 is 0. The van der Waals surface area contributed by atoms with E-state index in [-0.39, 0.29) is 30.3 Å². The average molecular weight is 364 g/mol. The molecule has 24 heavy (non-hydrogen) atoms. The molecule has 2 rings (SSSR count). The third-order valence-electron chi connectivity index (χ3n) is 2.87. The van der Waals surface area contributed by atoms with Crippen molar-refractivity contribution < 1.29 is 18.0 Å². The maximum absolute atomic E-state index is 12.7. The fourth-order valence-corrected chi connectivity index (χ4v) is 1.72. The largest absolute Gasteiger partial charge is 0.416 e. The van der Waals surface area contributed by atoms with Crippen molar-refractivity contribution in [1.82, 2.24) is 20.3 Å². The van der Waals surface area contributed by atoms with Crippen molar-refractivity contribution >= 4 is 18.3 Å². The summed E-state index contributed by atoms with van der Waals surface area (Å²) in [7, 11) is 0. The molecule has 0 aliphatic carbocycles. The van der Waals surface area contributed by atoms with E-state index >= 15 is 0 Å². The zero-order valence-corrected chi connectivity index (χ0v) is 13.8. The molecule has 0 saturated heterocycles. The summed E-state index contributed by atoms with van der Waals surface area (Å²) in [5.41, 5.74) is 4.51. The van der Waals surface area contributed by atoms with E-state index in [1.165, 1.54) is 18.3 Å². The quantitative estimate of drug-likeness (QED) is 0.871. The average Bonchev–Trinajstić information content (AvgIpc) is 2.93. The van der Waals surface area contributed by atoms with Gasteiger partial charge in [0, 0.05) is 12.1 Å². The predicted octanol–water partition coefficient (Wildman–Crippen LogP) is 2.18. The molecule has 0 spiro atoms. The van der Waals surface area contributed by atoms with Gasteiger partial charge in [0.1, 0.15) is 0 Å². The second kappa shape index (κ2) is 7.18. The minimum atomic E-state index is -4.45. The monoisotopic (exact) mass is 363 g/mol. The lowest BCUT2D eigenvalue weighted by Crippen LogP contribution is -2.45. The highest BCUT2D eigenvalue weighted by Crippen LogP contribution is 2.30. The molecule has 132 valence electrons. The first-order valence-electron chi connectivity index (χ1n) is 6.73. The molecule has 1 heterocycles. The number of alkyl halides is 3. The predicted molar refractivity (Wildman–Crippen MR) is 84.2 cm³/mol. The molecule has 0 aliphatic heterocycles. The number of nitrogens with one attached hydrogen (secondary N) is 1. The standard InChI is InChI=1S/C14H16F3N5O.ClH/c1-13(2,18)8-19-12(23)11-7-22(21-20-11)10-5-3-4-9(6-10)14(15,16)17;/h3-7H,8,18H2,1-2H3,(H,19,23);1H. The smallest absolute Gasteiger partial charge is 0.349 e. The van der Waals surface area contributed by atoms with E-state index in [2.05, 4.69) is 15.6 Å². The number of hydrogen-bond donors (Lipinski definition) is 2. The van der Waals surface area contributed by atoms with Crippen LogP contribution in [0, 0.1) is 0 Å². The Morgan fingerprint density at radius 2 is 2.00 bits per heavy atom. The third-order valence-corrected chi connectivity index (χ3v) is 2.87. The summed E-state index contributed by atoms with van der Waals surface area (Å²) < 4.78 is 39.2. The fraction of sp³-hybridized carbons (Fsp3) is 0.357. The molecule has 1 aromatic heterocycles. The maximum Gasteiger partial charge on any atom is 0.416 e. The SMILES string of the molecule is CC(C)(N)CNC(=O)c1cn(-c2cccc(C(F)(F)F)c2)nn1.Cl. The van der Waals surface area contributed by atoms with E-state index in [9.17, 15) is 18.0 Å². The Bertz CT molecular complexity index is 709. The maximum atomic E-state index is 12.7. The number of benzene rings is 1. The molecular weight excluding hydrogens is 347 g/mol. The molecule has 10 heteroatoms. The number of aromatic nitrogens is 3. The zero-order valence-electron chi connectivity index (χ0n) is 13.0. The van der Waals surface area contributed by atoms with Crippen LogP contribution in [-0.4, -0.2) is 33.0 Å². The summed E-state index contributed by atoms with van der Waals surface area (Å²) in [6.45, 7) is 3.71. The van der Waals surface area contributed by atoms with Crippen LogP contribution < -0.4 is 11.1 Å². The summed E-state index contributed by atoms with van der Waals surface area (Å²) in [5.74, 6) is -0.498. The van der Waals surface area contributed by atoms with Gasteiger partial charge < -0.3 is 11.1 Å². The topological polar surface area (TPSA) is 85.8 Å². The molecule has 1 aromatic carbocycles. The van der Waals surface area contributed by atoms with Gasteiger partial charge in [0.15, 0.2) is 5.69 Å². The van der Waals surface area contributed by atoms with Crippen LogP contribution in [0.2, 0.25) is 0 Å². The van der Waals surface area contributed by atoms with Gasteiger partial charge in [-0.05, 0) is 32.0 Å². The van der Waals surface area contributed by atoms with Gasteiger partial charge in [0.2, 0.25) is 0 Å². The van der Waals surface area contributed by atoms with Gasteiger partial charge in [-0.2, -0.15) is 13.2 Å². The van der Waals surface area contributed by atoms with Crippen molar-refractivity contribution in [3.8, 4) is 5.69 Å². The van der Waals surface area contributed by atoms with E-state index in [1.54, 1.807) is 13.8 Å². The van der Waals surface area contributed by atoms with Crippen molar-refractivity contribution in [3.05, 3.63) is 41.7 Å². The normalized spacial score (nSPS) is 11.8. The van der Waals surface area contributed by atoms with Gasteiger partial charge in [0.25, 0.3) is 5.91 Å². The van der Waals surface area contributed by atoms with E-state index in [4.69, 9.17) is 5.73 Å². The number of carbonyl (C=O) groups excluding carboxylic acids is 1. The Morgan fingerprint density at radius 1 is 1.33 bits per heavy atom. The van der Waals surface area contributed by atoms with Gasteiger partial charge in [-0.1, -0.05) is 11.3 Å². The Morgan fingerprint density at radius 3 is 2.58 bits per heavy atom. The minimum absolute atomic E-state index is 0. The minimum Gasteiger partial charge on any atom is -0.349 e. The van der Waals surface area contributed by atoms with Crippen molar-refractivity contribution in [2.45, 2.75) is 25.6 Å². The molecule has 0 radical (unpaired) electrons. The van der Waals surface area contributed by atoms with Crippen LogP contribution in [0.1, 0.15) is 29.9 Å². The Hall–Kier alpha value is -2.13. The molecule has 0 fully saturated rings. The van der Waals surface area contributed by atoms with E-state index in [0.717, 1.165) is 16.8 Å². The van der Waals surface area contributed by atoms with E-state index < -0.39 is 23.2 Å². The van der Waals surface area contributed by atoms with Crippen LogP contribution in [0.4, 0.5) is 13.2 Å². The molecule has 3 N–H and O–H groups in total. The number of nitrogens with two attached hydrogens (primary N) is 1. The summed E-state index contributed by atoms with van der Waals surface area (Å²) in [5, 5.41) is 9.93. The molecule has 1 amide bonds. The van der Waals surface area contributed by atoms with Crippen molar-refractivity contribution in [2.24, 2.45) is 5.73 Å². The van der Waals surface area contributed by atoms with E-state index in [0.29, 0.717) is 0 Å². The van der Waals surface area contributed by atoms with Crippen LogP contribution >= 0.6 is 12.4 Å². The fourth-order valence-electron chi connectivity index (χ4n) is 1.72. The van der Waals surface area contributed by atoms with Crippen LogP contribution in [0.15, 0.2) is 30.5 Å². The van der Waals surface area contributed by atoms with Gasteiger partial charge in [0.05, 0.1) is 17.4 Å². The summed E-state index contributed by atoms with van der Waals surface area (Å²) in [6.07, 6.45) is -3.20. The second-order valence-corrected chi connectivity index (χ2v) is 5.77. The highest BCUT2D eigenvalue weighted by atomic mass is 35.5. The lowest BCUT2D eigenvalue weighted by molar-refractivity contribution is -0.137. The number of amides is 1. The molecule has 0 aliphatic rings. The van der Waals surface area contributed by atoms with Crippen LogP contribution in [0.5, 0.6) is 0 Å². The van der Waals surface area contributed by atoms with Gasteiger partial charge in [-0.15, -0.1) is 17.5 Å². The molecule has 0 atom stereocenters. The highest BCUT2D eigenvalue weighted by Gasteiger charge is 2.30. The highest BCUT2D eigenvalue weighted by molar-refractivity contribution is 5.91. The lowest BCUT2D eigenvalue weighted by atomic mass is 10.1. The van der Waals surface area contributed by atoms with Crippen molar-refractivity contribution in [2.75, 3.05) is 6.54 Å². The van der Waals surface area contributed by atoms with Crippen LogP contribution in [-0.2, 0) is 6.18 Å². The second-order valence-electron chi connectivity index (χ2n) is 5.77. The number of halogens is 4. The Balaban J connectivity index is 0.00000288. The van der Waals surface area contributed by atoms with E-state index in [1.807, 2.05) is 0 Å². The third kappa shape index (κ3) is 5.20.